The zero-order valence-electron chi connectivity index (χ0n) is 13.5. The molecule has 138 valence electrons. The first-order valence-corrected chi connectivity index (χ1v) is 8.24. The third kappa shape index (κ3) is 4.46. The number of carbonyl (C=O) groups excluding carboxylic acids is 4. The third-order valence-corrected chi connectivity index (χ3v) is 4.28. The molecule has 1 fully saturated rings. The number of methoxy groups -OCH3 is 1. The number of nitrogens with zero attached hydrogens (tertiary/aromatic N) is 1. The van der Waals surface area contributed by atoms with Gasteiger partial charge in [0.2, 0.25) is 5.91 Å². The van der Waals surface area contributed by atoms with Gasteiger partial charge < -0.3 is 20.9 Å². The summed E-state index contributed by atoms with van der Waals surface area (Å²) in [5.74, 6) is -1.79. The van der Waals surface area contributed by atoms with Gasteiger partial charge in [0.25, 0.3) is 17.1 Å². The predicted molar refractivity (Wildman–Crippen MR) is 94.6 cm³/mol. The fourth-order valence-electron chi connectivity index (χ4n) is 2.05. The Morgan fingerprint density at radius 2 is 1.96 bits per heavy atom. The first-order chi connectivity index (χ1) is 12.2. The summed E-state index contributed by atoms with van der Waals surface area (Å²) in [6, 6.07) is 2.97. The molecule has 0 aliphatic carbocycles. The lowest BCUT2D eigenvalue weighted by Gasteiger charge is -2.12. The summed E-state index contributed by atoms with van der Waals surface area (Å²) >= 11 is 6.80. The fourth-order valence-corrected chi connectivity index (χ4v) is 3.16. The molecule has 11 heteroatoms. The number of halogens is 1. The zero-order valence-corrected chi connectivity index (χ0v) is 15.1. The van der Waals surface area contributed by atoms with Crippen molar-refractivity contribution in [3.63, 3.8) is 0 Å². The van der Waals surface area contributed by atoms with Crippen LogP contribution in [0.2, 0.25) is 5.02 Å². The molecule has 1 heterocycles. The van der Waals surface area contributed by atoms with E-state index in [1.165, 1.54) is 25.3 Å². The normalized spacial score (nSPS) is 15.5. The zero-order chi connectivity index (χ0) is 19.4. The van der Waals surface area contributed by atoms with E-state index in [2.05, 4.69) is 0 Å². The molecule has 0 atom stereocenters. The van der Waals surface area contributed by atoms with E-state index in [1.807, 2.05) is 0 Å². The molecule has 0 spiro atoms. The van der Waals surface area contributed by atoms with Crippen LogP contribution in [0, 0.1) is 0 Å². The Morgan fingerprint density at radius 3 is 2.54 bits per heavy atom. The number of benzene rings is 1. The maximum absolute atomic E-state index is 12.2. The van der Waals surface area contributed by atoms with Gasteiger partial charge in [-0.15, -0.1) is 0 Å². The Balaban J connectivity index is 2.32. The van der Waals surface area contributed by atoms with Crippen LogP contribution in [0.5, 0.6) is 11.5 Å². The van der Waals surface area contributed by atoms with Crippen LogP contribution in [0.4, 0.5) is 4.79 Å². The van der Waals surface area contributed by atoms with Crippen molar-refractivity contribution in [2.45, 2.75) is 0 Å². The first kappa shape index (κ1) is 19.6. The number of thioether (sulfide) groups is 1. The van der Waals surface area contributed by atoms with Gasteiger partial charge in [-0.1, -0.05) is 11.6 Å². The smallest absolute Gasteiger partial charge is 0.294 e. The Hall–Kier alpha value is -2.72. The number of carbonyl (C=O) groups is 4. The summed E-state index contributed by atoms with van der Waals surface area (Å²) in [7, 11) is 1.37. The van der Waals surface area contributed by atoms with Crippen LogP contribution >= 0.6 is 23.4 Å². The highest BCUT2D eigenvalue weighted by molar-refractivity contribution is 8.18. The van der Waals surface area contributed by atoms with E-state index in [4.69, 9.17) is 32.5 Å². The summed E-state index contributed by atoms with van der Waals surface area (Å²) in [5.41, 5.74) is 10.5. The van der Waals surface area contributed by atoms with Crippen LogP contribution in [0.1, 0.15) is 5.56 Å². The highest BCUT2D eigenvalue weighted by Gasteiger charge is 2.35. The molecule has 4 amide bonds. The maximum Gasteiger partial charge on any atom is 0.294 e. The average molecular weight is 400 g/mol. The van der Waals surface area contributed by atoms with Crippen molar-refractivity contribution < 1.29 is 28.7 Å². The van der Waals surface area contributed by atoms with E-state index in [-0.39, 0.29) is 28.0 Å². The van der Waals surface area contributed by atoms with Gasteiger partial charge in [-0.2, -0.15) is 0 Å². The van der Waals surface area contributed by atoms with E-state index in [1.54, 1.807) is 0 Å². The standard InChI is InChI=1S/C15H14ClN3O6S/c1-24-9-3-7(2-8(16)13(9)25-6-12(18)21)4-10-14(22)19(5-11(17)20)15(23)26-10/h2-4H,5-6H2,1H3,(H2,17,20)(H2,18,21)/b10-4-. The van der Waals surface area contributed by atoms with Crippen LogP contribution in [0.25, 0.3) is 6.08 Å². The first-order valence-electron chi connectivity index (χ1n) is 7.05. The Bertz CT molecular complexity index is 826. The molecule has 0 aromatic heterocycles. The Morgan fingerprint density at radius 1 is 1.27 bits per heavy atom. The van der Waals surface area contributed by atoms with Crippen LogP contribution in [0.15, 0.2) is 17.0 Å². The van der Waals surface area contributed by atoms with E-state index in [9.17, 15) is 19.2 Å². The molecule has 9 nitrogen and oxygen atoms in total. The molecule has 1 aromatic carbocycles. The van der Waals surface area contributed by atoms with Gasteiger partial charge in [-0.05, 0) is 35.5 Å². The largest absolute Gasteiger partial charge is 0.493 e. The summed E-state index contributed by atoms with van der Waals surface area (Å²) in [5, 5.41) is -0.479. The molecule has 2 rings (SSSR count). The van der Waals surface area contributed by atoms with Gasteiger partial charge in [-0.3, -0.25) is 24.1 Å². The molecule has 0 bridgehead atoms. The predicted octanol–water partition coefficient (Wildman–Crippen LogP) is 0.734. The molecular formula is C15H14ClN3O6S. The van der Waals surface area contributed by atoms with Crippen molar-refractivity contribution in [2.24, 2.45) is 11.5 Å². The second kappa shape index (κ2) is 8.11. The fraction of sp³-hybridized carbons (Fsp3) is 0.200. The summed E-state index contributed by atoms with van der Waals surface area (Å²) in [4.78, 5) is 46.7. The van der Waals surface area contributed by atoms with Crippen LogP contribution in [0.3, 0.4) is 0 Å². The molecule has 1 aromatic rings. The molecule has 0 radical (unpaired) electrons. The summed E-state index contributed by atoms with van der Waals surface area (Å²) < 4.78 is 10.4. The van der Waals surface area contributed by atoms with Crippen molar-refractivity contribution in [3.8, 4) is 11.5 Å². The molecule has 26 heavy (non-hydrogen) atoms. The van der Waals surface area contributed by atoms with Crippen molar-refractivity contribution in [3.05, 3.63) is 27.6 Å². The lowest BCUT2D eigenvalue weighted by Crippen LogP contribution is -2.36. The number of primary amides is 2. The number of ether oxygens (including phenoxy) is 2. The number of nitrogens with two attached hydrogens (primary N) is 2. The number of rotatable bonds is 7. The molecule has 1 aliphatic rings. The summed E-state index contributed by atoms with van der Waals surface area (Å²) in [6.07, 6.45) is 1.41. The van der Waals surface area contributed by atoms with Gasteiger partial charge in [-0.25, -0.2) is 0 Å². The SMILES string of the molecule is COc1cc(/C=C2\SC(=O)N(CC(N)=O)C2=O)cc(Cl)c1OCC(N)=O. The van der Waals surface area contributed by atoms with Crippen LogP contribution < -0.4 is 20.9 Å². The van der Waals surface area contributed by atoms with Crippen molar-refractivity contribution in [1.82, 2.24) is 4.90 Å². The van der Waals surface area contributed by atoms with E-state index in [0.717, 1.165) is 4.90 Å². The minimum atomic E-state index is -0.797. The van der Waals surface area contributed by atoms with Gasteiger partial charge in [0, 0.05) is 0 Å². The Kier molecular flexibility index (Phi) is 6.11. The summed E-state index contributed by atoms with van der Waals surface area (Å²) in [6.45, 7) is -0.882. The number of hydrogen-bond donors (Lipinski definition) is 2. The minimum Gasteiger partial charge on any atom is -0.493 e. The van der Waals surface area contributed by atoms with Crippen molar-refractivity contribution in [1.29, 1.82) is 0 Å². The van der Waals surface area contributed by atoms with Crippen LogP contribution in [-0.4, -0.2) is 48.1 Å². The molecule has 1 aliphatic heterocycles. The van der Waals surface area contributed by atoms with Gasteiger partial charge >= 0.3 is 0 Å². The Labute approximate surface area is 157 Å². The molecular weight excluding hydrogens is 386 g/mol. The second-order valence-corrected chi connectivity index (χ2v) is 6.42. The van der Waals surface area contributed by atoms with Crippen molar-refractivity contribution >= 4 is 52.4 Å². The number of imide groups is 1. The van der Waals surface area contributed by atoms with Gasteiger partial charge in [0.1, 0.15) is 6.54 Å². The van der Waals surface area contributed by atoms with Gasteiger partial charge in [0.15, 0.2) is 18.1 Å². The molecule has 4 N–H and O–H groups in total. The molecule has 0 unspecified atom stereocenters. The topological polar surface area (TPSA) is 142 Å². The van der Waals surface area contributed by atoms with Crippen LogP contribution in [-0.2, 0) is 14.4 Å². The average Bonchev–Trinajstić information content (AvgIpc) is 2.80. The lowest BCUT2D eigenvalue weighted by atomic mass is 10.1. The van der Waals surface area contributed by atoms with E-state index < -0.39 is 29.5 Å². The van der Waals surface area contributed by atoms with E-state index >= 15 is 0 Å². The number of hydrogen-bond acceptors (Lipinski definition) is 7. The third-order valence-electron chi connectivity index (χ3n) is 3.10. The minimum absolute atomic E-state index is 0.0974. The van der Waals surface area contributed by atoms with E-state index in [0.29, 0.717) is 17.3 Å². The van der Waals surface area contributed by atoms with Crippen molar-refractivity contribution in [2.75, 3.05) is 20.3 Å². The lowest BCUT2D eigenvalue weighted by molar-refractivity contribution is -0.127. The monoisotopic (exact) mass is 399 g/mol. The quantitative estimate of drug-likeness (QED) is 0.643. The highest BCUT2D eigenvalue weighted by atomic mass is 35.5. The molecule has 0 saturated carbocycles. The second-order valence-electron chi connectivity index (χ2n) is 5.02. The van der Waals surface area contributed by atoms with Gasteiger partial charge in [0.05, 0.1) is 17.0 Å². The molecule has 1 saturated heterocycles. The highest BCUT2D eigenvalue weighted by Crippen LogP contribution is 2.38. The maximum atomic E-state index is 12.2. The number of amides is 4.